The highest BCUT2D eigenvalue weighted by molar-refractivity contribution is 8.01. The number of thioether (sulfide) groups is 1. The molecule has 1 aliphatic rings. The Kier molecular flexibility index (Phi) is 7.59. The molecule has 1 saturated heterocycles. The van der Waals surface area contributed by atoms with Crippen LogP contribution in [-0.2, 0) is 9.53 Å². The smallest absolute Gasteiger partial charge is 0.230 e. The molecule has 1 atom stereocenters. The van der Waals surface area contributed by atoms with Gasteiger partial charge in [-0.25, -0.2) is 0 Å². The Balaban J connectivity index is 2.00. The highest BCUT2D eigenvalue weighted by Gasteiger charge is 2.23. The van der Waals surface area contributed by atoms with E-state index in [0.29, 0.717) is 12.3 Å². The van der Waals surface area contributed by atoms with Crippen LogP contribution in [0.3, 0.4) is 0 Å². The first kappa shape index (κ1) is 20.1. The van der Waals surface area contributed by atoms with E-state index in [9.17, 15) is 4.79 Å². The van der Waals surface area contributed by atoms with E-state index in [1.54, 1.807) is 18.9 Å². The fraction of sp³-hybridized carbons (Fsp3) is 0.632. The predicted octanol–water partition coefficient (Wildman–Crippen LogP) is 2.72. The molecule has 140 valence electrons. The van der Waals surface area contributed by atoms with E-state index < -0.39 is 0 Å². The molecule has 6 heteroatoms. The standard InChI is InChI=1S/C19H30N2O3S/c1-19(2,3)25-14-18(22)20-13-17(21-9-11-24-12-10-21)15-5-7-16(23-4)8-6-15/h5-8,17H,9-14H2,1-4H3,(H,20,22). The number of hydrogen-bond donors (Lipinski definition) is 1. The maximum atomic E-state index is 12.2. The summed E-state index contributed by atoms with van der Waals surface area (Å²) in [6.45, 7) is 10.2. The molecule has 1 aliphatic heterocycles. The van der Waals surface area contributed by atoms with E-state index >= 15 is 0 Å². The van der Waals surface area contributed by atoms with Crippen molar-refractivity contribution in [1.29, 1.82) is 0 Å². The molecule has 1 heterocycles. The Morgan fingerprint density at radius 3 is 2.48 bits per heavy atom. The normalized spacial score (nSPS) is 17.1. The van der Waals surface area contributed by atoms with Gasteiger partial charge in [0.2, 0.25) is 5.91 Å². The first-order valence-electron chi connectivity index (χ1n) is 8.75. The highest BCUT2D eigenvalue weighted by atomic mass is 32.2. The minimum absolute atomic E-state index is 0.0895. The molecule has 0 aliphatic carbocycles. The lowest BCUT2D eigenvalue weighted by molar-refractivity contribution is -0.118. The number of nitrogens with zero attached hydrogens (tertiary/aromatic N) is 1. The Labute approximate surface area is 155 Å². The third-order valence-corrected chi connectivity index (χ3v) is 5.39. The zero-order valence-electron chi connectivity index (χ0n) is 15.7. The van der Waals surface area contributed by atoms with Gasteiger partial charge < -0.3 is 14.8 Å². The van der Waals surface area contributed by atoms with Crippen LogP contribution in [0.4, 0.5) is 0 Å². The number of hydrogen-bond acceptors (Lipinski definition) is 5. The first-order valence-corrected chi connectivity index (χ1v) is 9.74. The van der Waals surface area contributed by atoms with Crippen LogP contribution in [0.5, 0.6) is 5.75 Å². The van der Waals surface area contributed by atoms with Gasteiger partial charge >= 0.3 is 0 Å². The first-order chi connectivity index (χ1) is 11.9. The van der Waals surface area contributed by atoms with Gasteiger partial charge in [0.05, 0.1) is 32.1 Å². The number of carbonyl (C=O) groups is 1. The maximum absolute atomic E-state index is 12.2. The Morgan fingerprint density at radius 1 is 1.28 bits per heavy atom. The maximum Gasteiger partial charge on any atom is 0.230 e. The van der Waals surface area contributed by atoms with Gasteiger partial charge in [-0.2, -0.15) is 0 Å². The van der Waals surface area contributed by atoms with E-state index in [2.05, 4.69) is 43.1 Å². The third-order valence-electron chi connectivity index (χ3n) is 4.12. The van der Waals surface area contributed by atoms with Gasteiger partial charge in [0.1, 0.15) is 5.75 Å². The van der Waals surface area contributed by atoms with Crippen molar-refractivity contribution in [3.63, 3.8) is 0 Å². The Hall–Kier alpha value is -1.24. The van der Waals surface area contributed by atoms with Crippen LogP contribution in [0, 0.1) is 0 Å². The van der Waals surface area contributed by atoms with Crippen LogP contribution in [-0.4, -0.2) is 61.3 Å². The monoisotopic (exact) mass is 366 g/mol. The largest absolute Gasteiger partial charge is 0.497 e. The lowest BCUT2D eigenvalue weighted by Crippen LogP contribution is -2.44. The quantitative estimate of drug-likeness (QED) is 0.804. The summed E-state index contributed by atoms with van der Waals surface area (Å²) in [7, 11) is 1.67. The zero-order valence-corrected chi connectivity index (χ0v) is 16.5. The summed E-state index contributed by atoms with van der Waals surface area (Å²) < 4.78 is 10.8. The van der Waals surface area contributed by atoms with Gasteiger partial charge in [-0.3, -0.25) is 9.69 Å². The van der Waals surface area contributed by atoms with Crippen LogP contribution >= 0.6 is 11.8 Å². The average Bonchev–Trinajstić information content (AvgIpc) is 2.61. The second-order valence-electron chi connectivity index (χ2n) is 7.14. The molecule has 1 N–H and O–H groups in total. The molecular formula is C19H30N2O3S. The van der Waals surface area contributed by atoms with Crippen molar-refractivity contribution >= 4 is 17.7 Å². The summed E-state index contributed by atoms with van der Waals surface area (Å²) in [6.07, 6.45) is 0. The lowest BCUT2D eigenvalue weighted by atomic mass is 10.0. The van der Waals surface area contributed by atoms with Crippen LogP contribution in [0.2, 0.25) is 0 Å². The Bertz CT molecular complexity index is 537. The molecule has 0 bridgehead atoms. The number of methoxy groups -OCH3 is 1. The van der Waals surface area contributed by atoms with Gasteiger partial charge in [-0.15, -0.1) is 11.8 Å². The second-order valence-corrected chi connectivity index (χ2v) is 8.94. The molecule has 2 rings (SSSR count). The third kappa shape index (κ3) is 6.88. The molecule has 0 aromatic heterocycles. The van der Waals surface area contributed by atoms with Crippen molar-refractivity contribution in [2.75, 3.05) is 45.7 Å². The van der Waals surface area contributed by atoms with E-state index in [0.717, 1.165) is 32.1 Å². The lowest BCUT2D eigenvalue weighted by Gasteiger charge is -2.35. The molecule has 0 saturated carbocycles. The molecule has 1 aromatic carbocycles. The number of amides is 1. The Morgan fingerprint density at radius 2 is 1.92 bits per heavy atom. The van der Waals surface area contributed by atoms with Crippen molar-refractivity contribution in [1.82, 2.24) is 10.2 Å². The van der Waals surface area contributed by atoms with Crippen LogP contribution in [0.25, 0.3) is 0 Å². The van der Waals surface area contributed by atoms with E-state index in [-0.39, 0.29) is 16.7 Å². The van der Waals surface area contributed by atoms with Gasteiger partial charge in [0.15, 0.2) is 0 Å². The number of rotatable bonds is 7. The van der Waals surface area contributed by atoms with Gasteiger partial charge in [0.25, 0.3) is 0 Å². The van der Waals surface area contributed by atoms with Gasteiger partial charge in [-0.05, 0) is 17.7 Å². The van der Waals surface area contributed by atoms with Gasteiger partial charge in [0, 0.05) is 24.4 Å². The van der Waals surface area contributed by atoms with E-state index in [4.69, 9.17) is 9.47 Å². The van der Waals surface area contributed by atoms with Gasteiger partial charge in [-0.1, -0.05) is 32.9 Å². The topological polar surface area (TPSA) is 50.8 Å². The van der Waals surface area contributed by atoms with E-state index in [1.807, 2.05) is 12.1 Å². The van der Waals surface area contributed by atoms with Crippen molar-refractivity contribution in [3.8, 4) is 5.75 Å². The fourth-order valence-electron chi connectivity index (χ4n) is 2.72. The van der Waals surface area contributed by atoms with E-state index in [1.165, 1.54) is 5.56 Å². The fourth-order valence-corrected chi connectivity index (χ4v) is 3.38. The molecule has 1 unspecified atom stereocenters. The molecule has 0 spiro atoms. The molecule has 5 nitrogen and oxygen atoms in total. The predicted molar refractivity (Wildman–Crippen MR) is 103 cm³/mol. The van der Waals surface area contributed by atoms with Crippen molar-refractivity contribution in [2.45, 2.75) is 31.6 Å². The van der Waals surface area contributed by atoms with Crippen molar-refractivity contribution < 1.29 is 14.3 Å². The summed E-state index contributed by atoms with van der Waals surface area (Å²) >= 11 is 1.67. The second kappa shape index (κ2) is 9.46. The average molecular weight is 367 g/mol. The van der Waals surface area contributed by atoms with Crippen LogP contribution in [0.15, 0.2) is 24.3 Å². The SMILES string of the molecule is COc1ccc(C(CNC(=O)CSC(C)(C)C)N2CCOCC2)cc1. The van der Waals surface area contributed by atoms with Crippen LogP contribution < -0.4 is 10.1 Å². The number of ether oxygens (including phenoxy) is 2. The van der Waals surface area contributed by atoms with Crippen LogP contribution in [0.1, 0.15) is 32.4 Å². The van der Waals surface area contributed by atoms with Crippen molar-refractivity contribution in [2.24, 2.45) is 0 Å². The summed E-state index contributed by atoms with van der Waals surface area (Å²) in [6, 6.07) is 8.25. The number of nitrogens with one attached hydrogen (secondary N) is 1. The molecule has 1 amide bonds. The summed E-state index contributed by atoms with van der Waals surface area (Å²) in [4.78, 5) is 14.6. The van der Waals surface area contributed by atoms with Crippen molar-refractivity contribution in [3.05, 3.63) is 29.8 Å². The number of morpholine rings is 1. The minimum atomic E-state index is 0.0895. The summed E-state index contributed by atoms with van der Waals surface area (Å²) in [5, 5.41) is 3.11. The number of carbonyl (C=O) groups excluding carboxylic acids is 1. The number of benzene rings is 1. The zero-order chi connectivity index (χ0) is 18.3. The molecule has 1 fully saturated rings. The molecule has 0 radical (unpaired) electrons. The summed E-state index contributed by atoms with van der Waals surface area (Å²) in [5.41, 5.74) is 1.19. The molecular weight excluding hydrogens is 336 g/mol. The highest BCUT2D eigenvalue weighted by Crippen LogP contribution is 2.25. The summed E-state index contributed by atoms with van der Waals surface area (Å²) in [5.74, 6) is 1.42. The molecule has 1 aromatic rings. The minimum Gasteiger partial charge on any atom is -0.497 e. The molecule has 25 heavy (non-hydrogen) atoms.